The largest absolute Gasteiger partial charge is 0.488 e. The van der Waals surface area contributed by atoms with Gasteiger partial charge in [0.2, 0.25) is 5.75 Å². The van der Waals surface area contributed by atoms with Gasteiger partial charge in [-0.3, -0.25) is 0 Å². The van der Waals surface area contributed by atoms with Crippen molar-refractivity contribution in [3.05, 3.63) is 40.8 Å². The SMILES string of the molecule is CC/C=C/CCOc1c(OCCCCCCCCCC)c(=O)oc2cccc(OC(C)(C)C)c12. The van der Waals surface area contributed by atoms with E-state index >= 15 is 0 Å². The first kappa shape index (κ1) is 27.8. The van der Waals surface area contributed by atoms with Crippen molar-refractivity contribution in [1.29, 1.82) is 0 Å². The molecule has 2 aromatic rings. The maximum Gasteiger partial charge on any atom is 0.383 e. The Bertz CT molecular complexity index is 936. The first-order chi connectivity index (χ1) is 16.4. The Morgan fingerprint density at radius 1 is 0.853 bits per heavy atom. The fourth-order valence-corrected chi connectivity index (χ4v) is 3.77. The molecule has 0 atom stereocenters. The summed E-state index contributed by atoms with van der Waals surface area (Å²) in [5.41, 5.74) is -0.492. The maximum absolute atomic E-state index is 12.8. The highest BCUT2D eigenvalue weighted by Crippen LogP contribution is 2.40. The van der Waals surface area contributed by atoms with Crippen LogP contribution in [0.2, 0.25) is 0 Å². The Kier molecular flexibility index (Phi) is 12.1. The molecular formula is C29H44O5. The van der Waals surface area contributed by atoms with Crippen molar-refractivity contribution in [2.45, 2.75) is 104 Å². The summed E-state index contributed by atoms with van der Waals surface area (Å²) in [6, 6.07) is 5.46. The van der Waals surface area contributed by atoms with Crippen LogP contribution >= 0.6 is 0 Å². The van der Waals surface area contributed by atoms with Gasteiger partial charge in [-0.05, 0) is 52.2 Å². The van der Waals surface area contributed by atoms with Crippen molar-refractivity contribution in [3.8, 4) is 17.2 Å². The summed E-state index contributed by atoms with van der Waals surface area (Å²) < 4.78 is 23.9. The molecule has 0 unspecified atom stereocenters. The van der Waals surface area contributed by atoms with E-state index in [0.29, 0.717) is 35.7 Å². The van der Waals surface area contributed by atoms with Gasteiger partial charge < -0.3 is 18.6 Å². The summed E-state index contributed by atoms with van der Waals surface area (Å²) in [7, 11) is 0. The molecule has 0 aliphatic carbocycles. The van der Waals surface area contributed by atoms with Gasteiger partial charge in [0.05, 0.1) is 13.2 Å². The van der Waals surface area contributed by atoms with E-state index in [1.165, 1.54) is 38.5 Å². The standard InChI is InChI=1S/C29H44O5/c1-6-8-10-12-13-14-15-17-22-32-27-26(31-21-16-11-9-7-2)25-23(33-28(27)30)19-18-20-24(25)34-29(3,4)5/h9,11,18-20H,6-8,10,12-17,21-22H2,1-5H3/b11-9+. The maximum atomic E-state index is 12.8. The minimum absolute atomic E-state index is 0.139. The number of hydrogen-bond acceptors (Lipinski definition) is 5. The van der Waals surface area contributed by atoms with Crippen molar-refractivity contribution in [3.63, 3.8) is 0 Å². The lowest BCUT2D eigenvalue weighted by atomic mass is 10.1. The summed E-state index contributed by atoms with van der Waals surface area (Å²) in [4.78, 5) is 12.8. The number of hydrogen-bond donors (Lipinski definition) is 0. The number of allylic oxidation sites excluding steroid dienone is 1. The van der Waals surface area contributed by atoms with Crippen molar-refractivity contribution >= 4 is 11.0 Å². The number of benzene rings is 1. The van der Waals surface area contributed by atoms with Crippen molar-refractivity contribution < 1.29 is 18.6 Å². The Labute approximate surface area is 205 Å². The highest BCUT2D eigenvalue weighted by atomic mass is 16.5. The first-order valence-corrected chi connectivity index (χ1v) is 13.1. The smallest absolute Gasteiger partial charge is 0.383 e. The molecule has 2 rings (SSSR count). The lowest BCUT2D eigenvalue weighted by molar-refractivity contribution is 0.132. The molecular weight excluding hydrogens is 428 g/mol. The van der Waals surface area contributed by atoms with Crippen LogP contribution in [0, 0.1) is 0 Å². The average molecular weight is 473 g/mol. The predicted molar refractivity (Wildman–Crippen MR) is 141 cm³/mol. The zero-order valence-electron chi connectivity index (χ0n) is 21.9. The van der Waals surface area contributed by atoms with Crippen LogP contribution in [-0.2, 0) is 0 Å². The van der Waals surface area contributed by atoms with Gasteiger partial charge >= 0.3 is 5.63 Å². The summed E-state index contributed by atoms with van der Waals surface area (Å²) in [5.74, 6) is 1.17. The van der Waals surface area contributed by atoms with Gasteiger partial charge in [-0.1, -0.05) is 77.0 Å². The molecule has 1 aromatic heterocycles. The van der Waals surface area contributed by atoms with Crippen molar-refractivity contribution in [2.24, 2.45) is 0 Å². The van der Waals surface area contributed by atoms with Crippen LogP contribution in [-0.4, -0.2) is 18.8 Å². The van der Waals surface area contributed by atoms with Crippen LogP contribution in [0.15, 0.2) is 39.6 Å². The molecule has 0 N–H and O–H groups in total. The van der Waals surface area contributed by atoms with E-state index in [2.05, 4.69) is 26.0 Å². The molecule has 190 valence electrons. The summed E-state index contributed by atoms with van der Waals surface area (Å²) >= 11 is 0. The molecule has 1 aromatic carbocycles. The Hall–Kier alpha value is -2.43. The van der Waals surface area contributed by atoms with Gasteiger partial charge in [-0.15, -0.1) is 0 Å². The van der Waals surface area contributed by atoms with E-state index in [1.807, 2.05) is 32.9 Å². The third-order valence-electron chi connectivity index (χ3n) is 5.40. The first-order valence-electron chi connectivity index (χ1n) is 13.1. The molecule has 34 heavy (non-hydrogen) atoms. The summed E-state index contributed by atoms with van der Waals surface area (Å²) in [5, 5.41) is 0.641. The molecule has 0 aliphatic rings. The monoisotopic (exact) mass is 472 g/mol. The third-order valence-corrected chi connectivity index (χ3v) is 5.40. The Balaban J connectivity index is 2.19. The molecule has 1 heterocycles. The predicted octanol–water partition coefficient (Wildman–Crippen LogP) is 8.22. The second-order valence-corrected chi connectivity index (χ2v) is 9.73. The second-order valence-electron chi connectivity index (χ2n) is 9.73. The van der Waals surface area contributed by atoms with Crippen LogP contribution in [0.25, 0.3) is 11.0 Å². The van der Waals surface area contributed by atoms with Gasteiger partial charge in [0.25, 0.3) is 0 Å². The zero-order chi connectivity index (χ0) is 24.8. The van der Waals surface area contributed by atoms with Crippen molar-refractivity contribution in [1.82, 2.24) is 0 Å². The highest BCUT2D eigenvalue weighted by molar-refractivity contribution is 5.91. The second kappa shape index (κ2) is 14.7. The van der Waals surface area contributed by atoms with Crippen LogP contribution in [0.4, 0.5) is 0 Å². The fraction of sp³-hybridized carbons (Fsp3) is 0.621. The zero-order valence-corrected chi connectivity index (χ0v) is 21.9. The third kappa shape index (κ3) is 9.44. The van der Waals surface area contributed by atoms with Crippen LogP contribution in [0.1, 0.15) is 98.8 Å². The topological polar surface area (TPSA) is 57.9 Å². The molecule has 0 amide bonds. The number of unbranched alkanes of at least 4 members (excludes halogenated alkanes) is 7. The Morgan fingerprint density at radius 2 is 1.53 bits per heavy atom. The van der Waals surface area contributed by atoms with E-state index < -0.39 is 11.2 Å². The number of rotatable bonds is 16. The molecule has 0 saturated heterocycles. The van der Waals surface area contributed by atoms with E-state index in [0.717, 1.165) is 25.7 Å². The molecule has 0 radical (unpaired) electrons. The molecule has 0 fully saturated rings. The van der Waals surface area contributed by atoms with Gasteiger partial charge in [-0.25, -0.2) is 4.79 Å². The van der Waals surface area contributed by atoms with E-state index in [-0.39, 0.29) is 5.75 Å². The molecule has 5 heteroatoms. The number of ether oxygens (including phenoxy) is 3. The van der Waals surface area contributed by atoms with E-state index in [9.17, 15) is 4.79 Å². The van der Waals surface area contributed by atoms with Gasteiger partial charge in [0.1, 0.15) is 22.3 Å². The summed E-state index contributed by atoms with van der Waals surface area (Å²) in [6.45, 7) is 11.2. The Morgan fingerprint density at radius 3 is 2.21 bits per heavy atom. The lowest BCUT2D eigenvalue weighted by Gasteiger charge is -2.23. The number of fused-ring (bicyclic) bond motifs is 1. The quantitative estimate of drug-likeness (QED) is 0.140. The van der Waals surface area contributed by atoms with E-state index in [1.54, 1.807) is 6.07 Å². The normalized spacial score (nSPS) is 11.9. The summed E-state index contributed by atoms with van der Waals surface area (Å²) in [6.07, 6.45) is 15.5. The van der Waals surface area contributed by atoms with Crippen LogP contribution in [0.5, 0.6) is 17.2 Å². The minimum Gasteiger partial charge on any atom is -0.488 e. The average Bonchev–Trinajstić information content (AvgIpc) is 2.78. The molecule has 5 nitrogen and oxygen atoms in total. The van der Waals surface area contributed by atoms with Gasteiger partial charge in [-0.2, -0.15) is 0 Å². The highest BCUT2D eigenvalue weighted by Gasteiger charge is 2.23. The fourth-order valence-electron chi connectivity index (χ4n) is 3.77. The molecule has 0 saturated carbocycles. The molecule has 0 spiro atoms. The van der Waals surface area contributed by atoms with E-state index in [4.69, 9.17) is 18.6 Å². The lowest BCUT2D eigenvalue weighted by Crippen LogP contribution is -2.23. The minimum atomic E-state index is -0.515. The molecule has 0 bridgehead atoms. The van der Waals surface area contributed by atoms with Gasteiger partial charge in [0.15, 0.2) is 5.75 Å². The van der Waals surface area contributed by atoms with Crippen molar-refractivity contribution in [2.75, 3.05) is 13.2 Å². The van der Waals surface area contributed by atoms with Crippen LogP contribution < -0.4 is 19.8 Å². The van der Waals surface area contributed by atoms with Crippen LogP contribution in [0.3, 0.4) is 0 Å². The molecule has 0 aliphatic heterocycles. The van der Waals surface area contributed by atoms with Gasteiger partial charge in [0, 0.05) is 0 Å².